The second-order valence-electron chi connectivity index (χ2n) is 6.74. The van der Waals surface area contributed by atoms with E-state index in [9.17, 15) is 9.18 Å². The molecule has 1 amide bonds. The van der Waals surface area contributed by atoms with Crippen LogP contribution in [0.1, 0.15) is 34.5 Å². The largest absolute Gasteiger partial charge is 0.356 e. The van der Waals surface area contributed by atoms with Crippen molar-refractivity contribution in [3.8, 4) is 0 Å². The number of carbonyl (C=O) groups is 1. The van der Waals surface area contributed by atoms with Gasteiger partial charge in [0, 0.05) is 11.4 Å². The van der Waals surface area contributed by atoms with Gasteiger partial charge in [0.1, 0.15) is 5.82 Å². The van der Waals surface area contributed by atoms with Crippen molar-refractivity contribution < 1.29 is 9.18 Å². The monoisotopic (exact) mass is 407 g/mol. The first-order valence-corrected chi connectivity index (χ1v) is 9.63. The molecule has 148 valence electrons. The summed E-state index contributed by atoms with van der Waals surface area (Å²) in [6, 6.07) is 21.3. The number of hydrogen-bond donors (Lipinski definition) is 3. The Labute approximate surface area is 175 Å². The van der Waals surface area contributed by atoms with Gasteiger partial charge in [-0.1, -0.05) is 42.0 Å². The predicted octanol–water partition coefficient (Wildman–Crippen LogP) is 5.43. The Morgan fingerprint density at radius 1 is 0.897 bits per heavy atom. The van der Waals surface area contributed by atoms with Crippen LogP contribution in [-0.4, -0.2) is 11.0 Å². The van der Waals surface area contributed by atoms with Crippen molar-refractivity contribution in [1.29, 1.82) is 0 Å². The lowest BCUT2D eigenvalue weighted by atomic mass is 10.1. The number of nitrogens with one attached hydrogen (secondary N) is 3. The molecule has 3 rings (SSSR count). The van der Waals surface area contributed by atoms with Gasteiger partial charge in [-0.2, -0.15) is 0 Å². The topological polar surface area (TPSA) is 53.2 Å². The van der Waals surface area contributed by atoms with Gasteiger partial charge in [-0.15, -0.1) is 0 Å². The molecule has 0 aliphatic carbocycles. The lowest BCUT2D eigenvalue weighted by molar-refractivity contribution is 0.102. The minimum atomic E-state index is -0.553. The first-order valence-electron chi connectivity index (χ1n) is 9.22. The molecule has 0 aromatic heterocycles. The highest BCUT2D eigenvalue weighted by molar-refractivity contribution is 7.80. The Morgan fingerprint density at radius 2 is 1.48 bits per heavy atom. The molecule has 0 unspecified atom stereocenters. The van der Waals surface area contributed by atoms with Crippen LogP contribution in [0.5, 0.6) is 0 Å². The number of hydrogen-bond acceptors (Lipinski definition) is 2. The summed E-state index contributed by atoms with van der Waals surface area (Å²) in [7, 11) is 0. The minimum Gasteiger partial charge on any atom is -0.356 e. The molecule has 0 spiro atoms. The third kappa shape index (κ3) is 5.62. The van der Waals surface area contributed by atoms with Gasteiger partial charge in [0.15, 0.2) is 5.11 Å². The first kappa shape index (κ1) is 20.5. The van der Waals surface area contributed by atoms with Gasteiger partial charge in [0.2, 0.25) is 0 Å². The summed E-state index contributed by atoms with van der Waals surface area (Å²) in [6.45, 7) is 4.09. The number of aryl methyl sites for hydroxylation is 1. The van der Waals surface area contributed by atoms with Crippen LogP contribution >= 0.6 is 12.2 Å². The lowest BCUT2D eigenvalue weighted by Crippen LogP contribution is -2.30. The number of benzene rings is 3. The number of carbonyl (C=O) groups excluding carboxylic acids is 1. The molecule has 1 atom stereocenters. The third-order valence-corrected chi connectivity index (χ3v) is 4.66. The number of amides is 1. The highest BCUT2D eigenvalue weighted by atomic mass is 32.1. The van der Waals surface area contributed by atoms with Gasteiger partial charge in [0.25, 0.3) is 5.91 Å². The average molecular weight is 408 g/mol. The summed E-state index contributed by atoms with van der Waals surface area (Å²) >= 11 is 5.39. The van der Waals surface area contributed by atoms with Crippen LogP contribution in [0, 0.1) is 12.7 Å². The van der Waals surface area contributed by atoms with E-state index in [-0.39, 0.29) is 11.6 Å². The Hall–Kier alpha value is -3.25. The van der Waals surface area contributed by atoms with Gasteiger partial charge in [-0.05, 0) is 68.0 Å². The maximum absolute atomic E-state index is 13.7. The van der Waals surface area contributed by atoms with Crippen LogP contribution in [0.3, 0.4) is 0 Å². The first-order chi connectivity index (χ1) is 13.9. The Bertz CT molecular complexity index is 1000. The van der Waals surface area contributed by atoms with Crippen molar-refractivity contribution in [2.75, 3.05) is 10.6 Å². The van der Waals surface area contributed by atoms with Crippen LogP contribution in [0.4, 0.5) is 15.8 Å². The van der Waals surface area contributed by atoms with Gasteiger partial charge in [-0.25, -0.2) is 4.39 Å². The zero-order valence-corrected chi connectivity index (χ0v) is 17.0. The summed E-state index contributed by atoms with van der Waals surface area (Å²) in [5.41, 5.74) is 3.71. The molecule has 29 heavy (non-hydrogen) atoms. The number of halogens is 1. The quantitative estimate of drug-likeness (QED) is 0.494. The fourth-order valence-corrected chi connectivity index (χ4v) is 3.08. The number of anilines is 2. The van der Waals surface area contributed by atoms with Crippen LogP contribution < -0.4 is 16.0 Å². The highest BCUT2D eigenvalue weighted by Gasteiger charge is 2.11. The maximum Gasteiger partial charge on any atom is 0.258 e. The average Bonchev–Trinajstić information content (AvgIpc) is 2.70. The van der Waals surface area contributed by atoms with Crippen molar-refractivity contribution in [3.05, 3.63) is 95.3 Å². The van der Waals surface area contributed by atoms with Gasteiger partial charge in [0.05, 0.1) is 11.6 Å². The zero-order chi connectivity index (χ0) is 20.8. The Balaban J connectivity index is 1.56. The van der Waals surface area contributed by atoms with Crippen molar-refractivity contribution >= 4 is 34.6 Å². The van der Waals surface area contributed by atoms with E-state index >= 15 is 0 Å². The molecule has 3 N–H and O–H groups in total. The predicted molar refractivity (Wildman–Crippen MR) is 120 cm³/mol. The molecular formula is C23H22FN3OS. The fourth-order valence-electron chi connectivity index (χ4n) is 2.78. The summed E-state index contributed by atoms with van der Waals surface area (Å²) in [4.78, 5) is 12.2. The van der Waals surface area contributed by atoms with Gasteiger partial charge >= 0.3 is 0 Å². The second-order valence-corrected chi connectivity index (χ2v) is 7.15. The fraction of sp³-hybridized carbons (Fsp3) is 0.130. The van der Waals surface area contributed by atoms with Crippen molar-refractivity contribution in [2.24, 2.45) is 0 Å². The van der Waals surface area contributed by atoms with E-state index in [1.165, 1.54) is 17.7 Å². The third-order valence-electron chi connectivity index (χ3n) is 4.44. The lowest BCUT2D eigenvalue weighted by Gasteiger charge is -2.18. The molecule has 0 radical (unpaired) electrons. The summed E-state index contributed by atoms with van der Waals surface area (Å²) in [5, 5.41) is 9.55. The number of thiocarbonyl (C=S) groups is 1. The summed E-state index contributed by atoms with van der Waals surface area (Å²) < 4.78 is 13.7. The van der Waals surface area contributed by atoms with E-state index in [2.05, 4.69) is 47.1 Å². The SMILES string of the molecule is Cc1ccc([C@H](C)NC(=S)Nc2ccc(NC(=O)c3ccccc3F)cc2)cc1. The van der Waals surface area contributed by atoms with Crippen LogP contribution in [0.2, 0.25) is 0 Å². The molecule has 0 aliphatic rings. The van der Waals surface area contributed by atoms with Crippen molar-refractivity contribution in [2.45, 2.75) is 19.9 Å². The molecule has 3 aromatic rings. The summed E-state index contributed by atoms with van der Waals surface area (Å²) in [6.07, 6.45) is 0. The van der Waals surface area contributed by atoms with E-state index < -0.39 is 11.7 Å². The van der Waals surface area contributed by atoms with Crippen molar-refractivity contribution in [3.63, 3.8) is 0 Å². The normalized spacial score (nSPS) is 11.4. The zero-order valence-electron chi connectivity index (χ0n) is 16.2. The second kappa shape index (κ2) is 9.30. The Morgan fingerprint density at radius 3 is 2.10 bits per heavy atom. The van der Waals surface area contributed by atoms with Gasteiger partial charge < -0.3 is 16.0 Å². The molecule has 0 aliphatic heterocycles. The van der Waals surface area contributed by atoms with Crippen LogP contribution in [0.25, 0.3) is 0 Å². The standard InChI is InChI=1S/C23H22FN3OS/c1-15-7-9-17(10-8-15)16(2)25-23(29)27-19-13-11-18(12-14-19)26-22(28)20-5-3-4-6-21(20)24/h3-14,16H,1-2H3,(H,26,28)(H2,25,27,29)/t16-/m0/s1. The smallest absolute Gasteiger partial charge is 0.258 e. The molecule has 0 saturated heterocycles. The van der Waals surface area contributed by atoms with Gasteiger partial charge in [-0.3, -0.25) is 4.79 Å². The molecule has 0 bridgehead atoms. The van der Waals surface area contributed by atoms with Crippen molar-refractivity contribution in [1.82, 2.24) is 5.32 Å². The molecule has 0 heterocycles. The highest BCUT2D eigenvalue weighted by Crippen LogP contribution is 2.17. The number of rotatable bonds is 5. The molecular weight excluding hydrogens is 385 g/mol. The van der Waals surface area contributed by atoms with Crippen LogP contribution in [0.15, 0.2) is 72.8 Å². The molecule has 0 fully saturated rings. The van der Waals surface area contributed by atoms with E-state index in [4.69, 9.17) is 12.2 Å². The van der Waals surface area contributed by atoms with E-state index in [0.717, 1.165) is 11.3 Å². The van der Waals surface area contributed by atoms with E-state index in [0.29, 0.717) is 10.8 Å². The van der Waals surface area contributed by atoms with Crippen LogP contribution in [-0.2, 0) is 0 Å². The Kier molecular flexibility index (Phi) is 6.57. The van der Waals surface area contributed by atoms with E-state index in [1.54, 1.807) is 36.4 Å². The molecule has 4 nitrogen and oxygen atoms in total. The summed E-state index contributed by atoms with van der Waals surface area (Å²) in [5.74, 6) is -1.05. The molecule has 6 heteroatoms. The minimum absolute atomic E-state index is 0.00479. The van der Waals surface area contributed by atoms with E-state index in [1.807, 2.05) is 6.92 Å². The molecule has 3 aromatic carbocycles. The maximum atomic E-state index is 13.7. The molecule has 0 saturated carbocycles.